The Hall–Kier alpha value is -3.14. The third kappa shape index (κ3) is 3.11. The van der Waals surface area contributed by atoms with E-state index in [4.69, 9.17) is 0 Å². The van der Waals surface area contributed by atoms with E-state index in [1.54, 1.807) is 0 Å². The van der Waals surface area contributed by atoms with Crippen LogP contribution in [0.3, 0.4) is 0 Å². The smallest absolute Gasteiger partial charge is 0.255 e. The molecule has 124 valence electrons. The average molecular weight is 329 g/mol. The second kappa shape index (κ2) is 6.40. The molecule has 0 saturated heterocycles. The molecule has 0 fully saturated rings. The van der Waals surface area contributed by atoms with Crippen molar-refractivity contribution in [1.29, 1.82) is 0 Å². The maximum absolute atomic E-state index is 12.6. The van der Waals surface area contributed by atoms with Gasteiger partial charge in [0.1, 0.15) is 0 Å². The number of carbonyl (C=O) groups is 1. The lowest BCUT2D eigenvalue weighted by Gasteiger charge is -2.17. The molecular formula is C21H19N3O. The summed E-state index contributed by atoms with van der Waals surface area (Å²) in [4.78, 5) is 19.4. The van der Waals surface area contributed by atoms with E-state index in [0.29, 0.717) is 5.56 Å². The van der Waals surface area contributed by atoms with Gasteiger partial charge in [-0.2, -0.15) is 0 Å². The summed E-state index contributed by atoms with van der Waals surface area (Å²) < 4.78 is 0. The summed E-state index contributed by atoms with van der Waals surface area (Å²) in [6.07, 6.45) is 4.30. The lowest BCUT2D eigenvalue weighted by atomic mass is 10.1. The lowest BCUT2D eigenvalue weighted by Crippen LogP contribution is -2.18. The molecule has 1 N–H and O–H groups in total. The Morgan fingerprint density at radius 1 is 1.00 bits per heavy atom. The number of amides is 1. The number of carbonyl (C=O) groups excluding carboxylic acids is 1. The van der Waals surface area contributed by atoms with Crippen molar-refractivity contribution in [3.05, 3.63) is 78.0 Å². The van der Waals surface area contributed by atoms with Gasteiger partial charge >= 0.3 is 0 Å². The molecule has 1 amide bonds. The highest BCUT2D eigenvalue weighted by molar-refractivity contribution is 6.08. The first-order valence-corrected chi connectivity index (χ1v) is 8.38. The topological polar surface area (TPSA) is 45.2 Å². The van der Waals surface area contributed by atoms with E-state index < -0.39 is 0 Å². The Kier molecular flexibility index (Phi) is 3.94. The number of aromatic nitrogens is 1. The zero-order chi connectivity index (χ0) is 17.2. The first-order chi connectivity index (χ1) is 12.2. The number of para-hydroxylation sites is 1. The van der Waals surface area contributed by atoms with Crippen molar-refractivity contribution in [2.24, 2.45) is 0 Å². The number of hydrogen-bond donors (Lipinski definition) is 1. The minimum absolute atomic E-state index is 0.123. The SMILES string of the molecule is Cc1ccc2cccc(NC(=O)c3ccc(N4CC=CC4)cc3)c2n1. The Bertz CT molecular complexity index is 953. The van der Waals surface area contributed by atoms with Crippen LogP contribution in [0.15, 0.2) is 66.7 Å². The van der Waals surface area contributed by atoms with Crippen molar-refractivity contribution in [3.63, 3.8) is 0 Å². The molecule has 0 aliphatic carbocycles. The van der Waals surface area contributed by atoms with E-state index in [9.17, 15) is 4.79 Å². The standard InChI is InChI=1S/C21H19N3O/c1-15-7-8-16-5-4-6-19(20(16)22-15)23-21(25)17-9-11-18(12-10-17)24-13-2-3-14-24/h2-12H,13-14H2,1H3,(H,23,25). The van der Waals surface area contributed by atoms with Gasteiger partial charge in [0.25, 0.3) is 5.91 Å². The lowest BCUT2D eigenvalue weighted by molar-refractivity contribution is 0.102. The molecule has 0 saturated carbocycles. The fraction of sp³-hybridized carbons (Fsp3) is 0.143. The van der Waals surface area contributed by atoms with Crippen LogP contribution in [0.5, 0.6) is 0 Å². The minimum Gasteiger partial charge on any atom is -0.364 e. The summed E-state index contributed by atoms with van der Waals surface area (Å²) in [5.74, 6) is -0.123. The van der Waals surface area contributed by atoms with Crippen molar-refractivity contribution in [2.45, 2.75) is 6.92 Å². The summed E-state index contributed by atoms with van der Waals surface area (Å²) in [6.45, 7) is 3.79. The molecule has 4 rings (SSSR count). The molecule has 3 aromatic rings. The highest BCUT2D eigenvalue weighted by Crippen LogP contribution is 2.23. The summed E-state index contributed by atoms with van der Waals surface area (Å²) in [7, 11) is 0. The largest absolute Gasteiger partial charge is 0.364 e. The van der Waals surface area contributed by atoms with Gasteiger partial charge in [-0.25, -0.2) is 0 Å². The van der Waals surface area contributed by atoms with E-state index in [2.05, 4.69) is 27.4 Å². The van der Waals surface area contributed by atoms with Gasteiger partial charge in [0, 0.05) is 35.4 Å². The number of aryl methyl sites for hydroxylation is 1. The fourth-order valence-electron chi connectivity index (χ4n) is 3.05. The molecule has 0 atom stereocenters. The molecule has 0 spiro atoms. The van der Waals surface area contributed by atoms with Crippen molar-refractivity contribution in [1.82, 2.24) is 4.98 Å². The maximum atomic E-state index is 12.6. The van der Waals surface area contributed by atoms with Gasteiger partial charge in [-0.15, -0.1) is 0 Å². The van der Waals surface area contributed by atoms with Crippen LogP contribution in [0.25, 0.3) is 10.9 Å². The number of nitrogens with zero attached hydrogens (tertiary/aromatic N) is 2. The van der Waals surface area contributed by atoms with Crippen molar-refractivity contribution in [2.75, 3.05) is 23.3 Å². The predicted molar refractivity (Wildman–Crippen MR) is 102 cm³/mol. The molecule has 4 nitrogen and oxygen atoms in total. The summed E-state index contributed by atoms with van der Waals surface area (Å²) in [5.41, 5.74) is 4.25. The van der Waals surface area contributed by atoms with Crippen LogP contribution in [0.4, 0.5) is 11.4 Å². The second-order valence-electron chi connectivity index (χ2n) is 6.21. The Morgan fingerprint density at radius 2 is 1.76 bits per heavy atom. The highest BCUT2D eigenvalue weighted by Gasteiger charge is 2.11. The average Bonchev–Trinajstić information content (AvgIpc) is 3.17. The molecule has 4 heteroatoms. The van der Waals surface area contributed by atoms with E-state index in [1.165, 1.54) is 0 Å². The number of pyridine rings is 1. The molecule has 1 aliphatic rings. The maximum Gasteiger partial charge on any atom is 0.255 e. The Balaban J connectivity index is 1.57. The van der Waals surface area contributed by atoms with Gasteiger partial charge in [0.2, 0.25) is 0 Å². The van der Waals surface area contributed by atoms with Gasteiger partial charge in [0.05, 0.1) is 11.2 Å². The van der Waals surface area contributed by atoms with Crippen LogP contribution in [0, 0.1) is 6.92 Å². The zero-order valence-electron chi connectivity index (χ0n) is 14.1. The number of anilines is 2. The van der Waals surface area contributed by atoms with E-state index in [1.807, 2.05) is 61.5 Å². The first-order valence-electron chi connectivity index (χ1n) is 8.38. The van der Waals surface area contributed by atoms with E-state index >= 15 is 0 Å². The summed E-state index contributed by atoms with van der Waals surface area (Å²) >= 11 is 0. The van der Waals surface area contributed by atoms with Gasteiger partial charge in [-0.3, -0.25) is 9.78 Å². The number of benzene rings is 2. The van der Waals surface area contributed by atoms with Gasteiger partial charge < -0.3 is 10.2 Å². The Morgan fingerprint density at radius 3 is 2.52 bits per heavy atom. The minimum atomic E-state index is -0.123. The van der Waals surface area contributed by atoms with Crippen molar-refractivity contribution >= 4 is 28.2 Å². The second-order valence-corrected chi connectivity index (χ2v) is 6.21. The number of rotatable bonds is 3. The van der Waals surface area contributed by atoms with E-state index in [-0.39, 0.29) is 5.91 Å². The molecule has 1 aromatic heterocycles. The number of fused-ring (bicyclic) bond motifs is 1. The molecule has 2 heterocycles. The fourth-order valence-corrected chi connectivity index (χ4v) is 3.05. The predicted octanol–water partition coefficient (Wildman–Crippen LogP) is 4.17. The third-order valence-corrected chi connectivity index (χ3v) is 4.42. The van der Waals surface area contributed by atoms with Crippen LogP contribution in [-0.2, 0) is 0 Å². The summed E-state index contributed by atoms with van der Waals surface area (Å²) in [5, 5.41) is 4.00. The summed E-state index contributed by atoms with van der Waals surface area (Å²) in [6, 6.07) is 17.5. The van der Waals surface area contributed by atoms with Crippen LogP contribution in [-0.4, -0.2) is 24.0 Å². The van der Waals surface area contributed by atoms with Crippen LogP contribution in [0.1, 0.15) is 16.1 Å². The van der Waals surface area contributed by atoms with Gasteiger partial charge in [-0.1, -0.05) is 30.4 Å². The van der Waals surface area contributed by atoms with Gasteiger partial charge in [0.15, 0.2) is 0 Å². The third-order valence-electron chi connectivity index (χ3n) is 4.42. The molecule has 1 aliphatic heterocycles. The number of hydrogen-bond acceptors (Lipinski definition) is 3. The van der Waals surface area contributed by atoms with Gasteiger partial charge in [-0.05, 0) is 43.3 Å². The monoisotopic (exact) mass is 329 g/mol. The number of nitrogens with one attached hydrogen (secondary N) is 1. The molecule has 0 radical (unpaired) electrons. The van der Waals surface area contributed by atoms with Crippen molar-refractivity contribution < 1.29 is 4.79 Å². The molecule has 25 heavy (non-hydrogen) atoms. The molecule has 0 bridgehead atoms. The van der Waals surface area contributed by atoms with Crippen molar-refractivity contribution in [3.8, 4) is 0 Å². The molecular weight excluding hydrogens is 310 g/mol. The normalized spacial score (nSPS) is 13.4. The molecule has 2 aromatic carbocycles. The van der Waals surface area contributed by atoms with E-state index in [0.717, 1.165) is 41.1 Å². The quantitative estimate of drug-likeness (QED) is 0.734. The van der Waals surface area contributed by atoms with Crippen LogP contribution >= 0.6 is 0 Å². The van der Waals surface area contributed by atoms with Crippen LogP contribution in [0.2, 0.25) is 0 Å². The van der Waals surface area contributed by atoms with Crippen LogP contribution < -0.4 is 10.2 Å². The Labute approximate surface area is 146 Å². The zero-order valence-corrected chi connectivity index (χ0v) is 14.1. The molecule has 0 unspecified atom stereocenters. The highest BCUT2D eigenvalue weighted by atomic mass is 16.1. The first kappa shape index (κ1) is 15.4.